The lowest BCUT2D eigenvalue weighted by Gasteiger charge is -2.23. The smallest absolute Gasteiger partial charge is 0.225 e. The van der Waals surface area contributed by atoms with Crippen LogP contribution in [0.15, 0.2) is 48.5 Å². The molecule has 3 N–H and O–H groups in total. The molecule has 0 bridgehead atoms. The summed E-state index contributed by atoms with van der Waals surface area (Å²) in [6.45, 7) is 8.03. The van der Waals surface area contributed by atoms with E-state index in [-0.39, 0.29) is 36.3 Å². The highest BCUT2D eigenvalue weighted by atomic mass is 35.5. The standard InChI is InChI=1S/C20H26N2O.ClH/c1-13-10-11-18(14(2)12-13)16(4)22-20(23)15(3)19(21)17-8-6-5-7-9-17;/h5-12,15-16,19H,21H2,1-4H3,(H,22,23);1H. The largest absolute Gasteiger partial charge is 0.349 e. The fourth-order valence-electron chi connectivity index (χ4n) is 2.86. The molecule has 4 heteroatoms. The number of nitrogens with two attached hydrogens (primary N) is 1. The first kappa shape index (κ1) is 20.2. The van der Waals surface area contributed by atoms with E-state index in [4.69, 9.17) is 5.73 Å². The highest BCUT2D eigenvalue weighted by Crippen LogP contribution is 2.22. The average Bonchev–Trinajstić information content (AvgIpc) is 2.54. The minimum absolute atomic E-state index is 0. The second-order valence-electron chi connectivity index (χ2n) is 6.32. The molecular weight excluding hydrogens is 320 g/mol. The summed E-state index contributed by atoms with van der Waals surface area (Å²) < 4.78 is 0. The van der Waals surface area contributed by atoms with Gasteiger partial charge in [0.15, 0.2) is 0 Å². The number of aryl methyl sites for hydroxylation is 2. The molecule has 0 saturated carbocycles. The van der Waals surface area contributed by atoms with E-state index in [0.717, 1.165) is 11.1 Å². The molecule has 0 aliphatic heterocycles. The van der Waals surface area contributed by atoms with Crippen LogP contribution < -0.4 is 11.1 Å². The Labute approximate surface area is 151 Å². The summed E-state index contributed by atoms with van der Waals surface area (Å²) in [5.74, 6) is -0.306. The van der Waals surface area contributed by atoms with Crippen LogP contribution in [0.4, 0.5) is 0 Å². The molecule has 24 heavy (non-hydrogen) atoms. The number of amides is 1. The van der Waals surface area contributed by atoms with Gasteiger partial charge in [-0.05, 0) is 37.5 Å². The van der Waals surface area contributed by atoms with Gasteiger partial charge < -0.3 is 11.1 Å². The first-order chi connectivity index (χ1) is 10.9. The molecule has 1 amide bonds. The van der Waals surface area contributed by atoms with Gasteiger partial charge in [0.05, 0.1) is 12.0 Å². The lowest BCUT2D eigenvalue weighted by Crippen LogP contribution is -2.37. The summed E-state index contributed by atoms with van der Waals surface area (Å²) in [6, 6.07) is 15.7. The van der Waals surface area contributed by atoms with Crippen LogP contribution in [-0.2, 0) is 4.79 Å². The van der Waals surface area contributed by atoms with Crippen molar-refractivity contribution >= 4 is 18.3 Å². The monoisotopic (exact) mass is 346 g/mol. The predicted octanol–water partition coefficient (Wildman–Crippen LogP) is 4.24. The van der Waals surface area contributed by atoms with Crippen molar-refractivity contribution in [2.24, 2.45) is 11.7 Å². The van der Waals surface area contributed by atoms with E-state index in [9.17, 15) is 4.79 Å². The van der Waals surface area contributed by atoms with E-state index in [1.807, 2.05) is 44.2 Å². The summed E-state index contributed by atoms with van der Waals surface area (Å²) in [5, 5.41) is 3.09. The van der Waals surface area contributed by atoms with Gasteiger partial charge in [-0.15, -0.1) is 12.4 Å². The number of halogens is 1. The Morgan fingerprint density at radius 2 is 1.67 bits per heavy atom. The van der Waals surface area contributed by atoms with Gasteiger partial charge in [0.2, 0.25) is 5.91 Å². The van der Waals surface area contributed by atoms with Crippen molar-refractivity contribution in [3.8, 4) is 0 Å². The zero-order valence-corrected chi connectivity index (χ0v) is 15.6. The van der Waals surface area contributed by atoms with Crippen LogP contribution in [0.1, 0.15) is 48.2 Å². The highest BCUT2D eigenvalue weighted by molar-refractivity contribution is 5.85. The molecule has 0 fully saturated rings. The molecule has 3 unspecified atom stereocenters. The average molecular weight is 347 g/mol. The molecule has 0 aliphatic carbocycles. The molecule has 3 nitrogen and oxygen atoms in total. The number of benzene rings is 2. The van der Waals surface area contributed by atoms with Gasteiger partial charge in [-0.2, -0.15) is 0 Å². The topological polar surface area (TPSA) is 55.1 Å². The SMILES string of the molecule is Cc1ccc(C(C)NC(=O)C(C)C(N)c2ccccc2)c(C)c1.Cl. The molecule has 130 valence electrons. The lowest BCUT2D eigenvalue weighted by atomic mass is 9.93. The Kier molecular flexibility index (Phi) is 7.46. The molecule has 0 aliphatic rings. The van der Waals surface area contributed by atoms with E-state index in [1.165, 1.54) is 11.1 Å². The number of carbonyl (C=O) groups is 1. The van der Waals surface area contributed by atoms with E-state index in [2.05, 4.69) is 37.4 Å². The van der Waals surface area contributed by atoms with Crippen LogP contribution in [-0.4, -0.2) is 5.91 Å². The summed E-state index contributed by atoms with van der Waals surface area (Å²) in [4.78, 5) is 12.5. The summed E-state index contributed by atoms with van der Waals surface area (Å²) >= 11 is 0. The molecule has 2 aromatic carbocycles. The third-order valence-corrected chi connectivity index (χ3v) is 4.39. The van der Waals surface area contributed by atoms with Crippen molar-refractivity contribution in [2.45, 2.75) is 39.8 Å². The van der Waals surface area contributed by atoms with Crippen molar-refractivity contribution < 1.29 is 4.79 Å². The zero-order valence-electron chi connectivity index (χ0n) is 14.7. The van der Waals surface area contributed by atoms with Crippen LogP contribution in [0.2, 0.25) is 0 Å². The van der Waals surface area contributed by atoms with Crippen molar-refractivity contribution in [3.63, 3.8) is 0 Å². The number of carbonyl (C=O) groups excluding carboxylic acids is 1. The molecule has 0 saturated heterocycles. The minimum Gasteiger partial charge on any atom is -0.349 e. The van der Waals surface area contributed by atoms with Crippen LogP contribution >= 0.6 is 12.4 Å². The molecule has 0 radical (unpaired) electrons. The first-order valence-corrected chi connectivity index (χ1v) is 8.08. The Hall–Kier alpha value is -1.84. The van der Waals surface area contributed by atoms with Gasteiger partial charge in [0.25, 0.3) is 0 Å². The third kappa shape index (κ3) is 4.83. The van der Waals surface area contributed by atoms with Gasteiger partial charge in [-0.3, -0.25) is 4.79 Å². The van der Waals surface area contributed by atoms with Crippen molar-refractivity contribution in [1.29, 1.82) is 0 Å². The fraction of sp³-hybridized carbons (Fsp3) is 0.350. The van der Waals surface area contributed by atoms with Gasteiger partial charge in [0.1, 0.15) is 0 Å². The number of hydrogen-bond acceptors (Lipinski definition) is 2. The van der Waals surface area contributed by atoms with E-state index in [0.29, 0.717) is 0 Å². The Balaban J connectivity index is 0.00000288. The molecule has 2 aromatic rings. The van der Waals surface area contributed by atoms with Gasteiger partial charge in [-0.1, -0.05) is 61.0 Å². The molecule has 2 rings (SSSR count). The van der Waals surface area contributed by atoms with Crippen molar-refractivity contribution in [1.82, 2.24) is 5.32 Å². The second-order valence-corrected chi connectivity index (χ2v) is 6.32. The van der Waals surface area contributed by atoms with Gasteiger partial charge >= 0.3 is 0 Å². The zero-order chi connectivity index (χ0) is 17.0. The Bertz CT molecular complexity index is 673. The fourth-order valence-corrected chi connectivity index (χ4v) is 2.86. The normalized spacial score (nSPS) is 14.2. The van der Waals surface area contributed by atoms with Crippen LogP contribution in [0.25, 0.3) is 0 Å². The lowest BCUT2D eigenvalue weighted by molar-refractivity contribution is -0.125. The van der Waals surface area contributed by atoms with Crippen LogP contribution in [0, 0.1) is 19.8 Å². The van der Waals surface area contributed by atoms with E-state index >= 15 is 0 Å². The molecule has 0 heterocycles. The third-order valence-electron chi connectivity index (χ3n) is 4.39. The van der Waals surface area contributed by atoms with Crippen LogP contribution in [0.3, 0.4) is 0 Å². The van der Waals surface area contributed by atoms with Crippen LogP contribution in [0.5, 0.6) is 0 Å². The Morgan fingerprint density at radius 1 is 1.04 bits per heavy atom. The van der Waals surface area contributed by atoms with Crippen molar-refractivity contribution in [2.75, 3.05) is 0 Å². The highest BCUT2D eigenvalue weighted by Gasteiger charge is 2.23. The predicted molar refractivity (Wildman–Crippen MR) is 102 cm³/mol. The summed E-state index contributed by atoms with van der Waals surface area (Å²) in [7, 11) is 0. The molecule has 3 atom stereocenters. The maximum Gasteiger partial charge on any atom is 0.225 e. The number of nitrogens with one attached hydrogen (secondary N) is 1. The maximum absolute atomic E-state index is 12.5. The van der Waals surface area contributed by atoms with E-state index < -0.39 is 0 Å². The van der Waals surface area contributed by atoms with Crippen molar-refractivity contribution in [3.05, 3.63) is 70.8 Å². The number of rotatable bonds is 5. The minimum atomic E-state index is -0.303. The first-order valence-electron chi connectivity index (χ1n) is 8.08. The number of hydrogen-bond donors (Lipinski definition) is 2. The molecule has 0 spiro atoms. The van der Waals surface area contributed by atoms with E-state index in [1.54, 1.807) is 0 Å². The second kappa shape index (κ2) is 8.86. The molecule has 0 aromatic heterocycles. The maximum atomic E-state index is 12.5. The van der Waals surface area contributed by atoms with Gasteiger partial charge in [-0.25, -0.2) is 0 Å². The van der Waals surface area contributed by atoms with Gasteiger partial charge in [0, 0.05) is 6.04 Å². The summed E-state index contributed by atoms with van der Waals surface area (Å²) in [5.41, 5.74) is 10.8. The quantitative estimate of drug-likeness (QED) is 0.850. The summed E-state index contributed by atoms with van der Waals surface area (Å²) in [6.07, 6.45) is 0. The Morgan fingerprint density at radius 3 is 2.25 bits per heavy atom. The molecular formula is C20H27ClN2O.